The van der Waals surface area contributed by atoms with Crippen LogP contribution in [0.25, 0.3) is 0 Å². The predicted molar refractivity (Wildman–Crippen MR) is 75.9 cm³/mol. The zero-order valence-corrected chi connectivity index (χ0v) is 11.7. The lowest BCUT2D eigenvalue weighted by Crippen LogP contribution is -1.94. The Bertz CT molecular complexity index is 508. The van der Waals surface area contributed by atoms with E-state index in [0.717, 1.165) is 21.5 Å². The topological polar surface area (TPSA) is 29.5 Å². The van der Waals surface area contributed by atoms with E-state index in [9.17, 15) is 5.11 Å². The minimum atomic E-state index is -0.398. The minimum absolute atomic E-state index is 0.398. The van der Waals surface area contributed by atoms with Crippen LogP contribution in [0.2, 0.25) is 0 Å². The van der Waals surface area contributed by atoms with Gasteiger partial charge in [-0.3, -0.25) is 0 Å². The molecule has 0 fully saturated rings. The van der Waals surface area contributed by atoms with Crippen LogP contribution in [0, 0.1) is 0 Å². The average molecular weight is 307 g/mol. The van der Waals surface area contributed by atoms with E-state index in [4.69, 9.17) is 4.74 Å². The molecule has 0 saturated heterocycles. The molecule has 0 aliphatic rings. The Morgan fingerprint density at radius 1 is 1.11 bits per heavy atom. The molecule has 1 N–H and O–H groups in total. The lowest BCUT2D eigenvalue weighted by Gasteiger charge is -2.10. The van der Waals surface area contributed by atoms with Gasteiger partial charge in [0.2, 0.25) is 0 Å². The van der Waals surface area contributed by atoms with Gasteiger partial charge in [-0.05, 0) is 42.3 Å². The molecule has 0 aliphatic carbocycles. The summed E-state index contributed by atoms with van der Waals surface area (Å²) in [5.74, 6) is 1.55. The van der Waals surface area contributed by atoms with Gasteiger partial charge in [0.15, 0.2) is 0 Å². The molecule has 2 aromatic carbocycles. The number of ether oxygens (including phenoxy) is 1. The summed E-state index contributed by atoms with van der Waals surface area (Å²) in [5, 5.41) is 9.70. The fourth-order valence-corrected chi connectivity index (χ4v) is 2.04. The molecule has 2 aromatic rings. The largest absolute Gasteiger partial charge is 0.457 e. The molecule has 2 nitrogen and oxygen atoms in total. The molecule has 1 atom stereocenters. The van der Waals surface area contributed by atoms with Crippen molar-refractivity contribution in [3.8, 4) is 11.5 Å². The number of hydrogen-bond acceptors (Lipinski definition) is 2. The maximum absolute atomic E-state index is 9.70. The third kappa shape index (κ3) is 3.34. The zero-order chi connectivity index (χ0) is 13.0. The number of halogens is 1. The molecule has 94 valence electrons. The second-order valence-corrected chi connectivity index (χ2v) is 4.97. The highest BCUT2D eigenvalue weighted by Crippen LogP contribution is 2.26. The van der Waals surface area contributed by atoms with Crippen LogP contribution < -0.4 is 4.74 Å². The monoisotopic (exact) mass is 306 g/mol. The van der Waals surface area contributed by atoms with E-state index in [-0.39, 0.29) is 0 Å². The molecular weight excluding hydrogens is 292 g/mol. The predicted octanol–water partition coefficient (Wildman–Crippen LogP) is 4.68. The standard InChI is InChI=1S/C15H15BrO2/c1-2-15(17)11-6-8-13(9-7-11)18-14-5-3-4-12(16)10-14/h3-10,15,17H,2H2,1H3/t15-/m1/s1. The summed E-state index contributed by atoms with van der Waals surface area (Å²) in [6, 6.07) is 15.2. The van der Waals surface area contributed by atoms with Crippen LogP contribution in [0.15, 0.2) is 53.0 Å². The normalized spacial score (nSPS) is 12.2. The first-order valence-corrected chi connectivity index (χ1v) is 6.70. The van der Waals surface area contributed by atoms with Gasteiger partial charge in [-0.25, -0.2) is 0 Å². The Balaban J connectivity index is 2.11. The Kier molecular flexibility index (Phi) is 4.39. The molecule has 0 radical (unpaired) electrons. The van der Waals surface area contributed by atoms with Gasteiger partial charge in [-0.2, -0.15) is 0 Å². The number of hydrogen-bond donors (Lipinski definition) is 1. The Morgan fingerprint density at radius 2 is 1.83 bits per heavy atom. The van der Waals surface area contributed by atoms with Crippen LogP contribution in [0.1, 0.15) is 25.0 Å². The minimum Gasteiger partial charge on any atom is -0.457 e. The van der Waals surface area contributed by atoms with Gasteiger partial charge in [0.25, 0.3) is 0 Å². The van der Waals surface area contributed by atoms with Crippen molar-refractivity contribution in [1.29, 1.82) is 0 Å². The van der Waals surface area contributed by atoms with E-state index >= 15 is 0 Å². The second kappa shape index (κ2) is 6.03. The van der Waals surface area contributed by atoms with Crippen LogP contribution in [-0.2, 0) is 0 Å². The van der Waals surface area contributed by atoms with Gasteiger partial charge in [0, 0.05) is 4.47 Å². The summed E-state index contributed by atoms with van der Waals surface area (Å²) in [5.41, 5.74) is 0.916. The van der Waals surface area contributed by atoms with Crippen molar-refractivity contribution in [2.24, 2.45) is 0 Å². The van der Waals surface area contributed by atoms with Crippen LogP contribution in [0.5, 0.6) is 11.5 Å². The van der Waals surface area contributed by atoms with Crippen LogP contribution in [-0.4, -0.2) is 5.11 Å². The van der Waals surface area contributed by atoms with Crippen molar-refractivity contribution in [3.63, 3.8) is 0 Å². The fraction of sp³-hybridized carbons (Fsp3) is 0.200. The van der Waals surface area contributed by atoms with Crippen LogP contribution in [0.3, 0.4) is 0 Å². The van der Waals surface area contributed by atoms with Gasteiger partial charge in [-0.15, -0.1) is 0 Å². The Hall–Kier alpha value is -1.32. The molecule has 2 rings (SSSR count). The summed E-state index contributed by atoms with van der Waals surface area (Å²) < 4.78 is 6.70. The molecule has 0 saturated carbocycles. The molecule has 0 bridgehead atoms. The molecule has 0 spiro atoms. The average Bonchev–Trinajstić information content (AvgIpc) is 2.39. The van der Waals surface area contributed by atoms with Gasteiger partial charge in [0.05, 0.1) is 6.10 Å². The van der Waals surface area contributed by atoms with Gasteiger partial charge < -0.3 is 9.84 Å². The number of benzene rings is 2. The van der Waals surface area contributed by atoms with E-state index in [1.165, 1.54) is 0 Å². The van der Waals surface area contributed by atoms with E-state index < -0.39 is 6.10 Å². The zero-order valence-electron chi connectivity index (χ0n) is 10.1. The van der Waals surface area contributed by atoms with E-state index in [1.807, 2.05) is 55.5 Å². The molecular formula is C15H15BrO2. The number of rotatable bonds is 4. The first kappa shape index (κ1) is 13.1. The highest BCUT2D eigenvalue weighted by Gasteiger charge is 2.04. The Labute approximate surface area is 115 Å². The Morgan fingerprint density at radius 3 is 2.44 bits per heavy atom. The second-order valence-electron chi connectivity index (χ2n) is 4.05. The SMILES string of the molecule is CC[C@@H](O)c1ccc(Oc2cccc(Br)c2)cc1. The smallest absolute Gasteiger partial charge is 0.128 e. The molecule has 18 heavy (non-hydrogen) atoms. The highest BCUT2D eigenvalue weighted by molar-refractivity contribution is 9.10. The third-order valence-corrected chi connectivity index (χ3v) is 3.18. The first-order chi connectivity index (χ1) is 8.69. The molecule has 0 aromatic heterocycles. The summed E-state index contributed by atoms with van der Waals surface area (Å²) >= 11 is 3.40. The van der Waals surface area contributed by atoms with Crippen molar-refractivity contribution >= 4 is 15.9 Å². The summed E-state index contributed by atoms with van der Waals surface area (Å²) in [6.07, 6.45) is 0.316. The number of aliphatic hydroxyl groups excluding tert-OH is 1. The lowest BCUT2D eigenvalue weighted by molar-refractivity contribution is 0.173. The van der Waals surface area contributed by atoms with Crippen LogP contribution in [0.4, 0.5) is 0 Å². The fourth-order valence-electron chi connectivity index (χ4n) is 1.66. The lowest BCUT2D eigenvalue weighted by atomic mass is 10.1. The summed E-state index contributed by atoms with van der Waals surface area (Å²) in [4.78, 5) is 0. The van der Waals surface area contributed by atoms with Gasteiger partial charge in [-0.1, -0.05) is 41.1 Å². The highest BCUT2D eigenvalue weighted by atomic mass is 79.9. The van der Waals surface area contributed by atoms with Gasteiger partial charge in [0.1, 0.15) is 11.5 Å². The van der Waals surface area contributed by atoms with E-state index in [2.05, 4.69) is 15.9 Å². The van der Waals surface area contributed by atoms with Crippen LogP contribution >= 0.6 is 15.9 Å². The molecule has 0 heterocycles. The quantitative estimate of drug-likeness (QED) is 0.888. The maximum atomic E-state index is 9.70. The third-order valence-electron chi connectivity index (χ3n) is 2.68. The maximum Gasteiger partial charge on any atom is 0.128 e. The summed E-state index contributed by atoms with van der Waals surface area (Å²) in [6.45, 7) is 1.95. The molecule has 3 heteroatoms. The number of aliphatic hydroxyl groups is 1. The molecule has 0 aliphatic heterocycles. The van der Waals surface area contributed by atoms with Crippen molar-refractivity contribution in [2.75, 3.05) is 0 Å². The van der Waals surface area contributed by atoms with E-state index in [0.29, 0.717) is 6.42 Å². The van der Waals surface area contributed by atoms with E-state index in [1.54, 1.807) is 0 Å². The van der Waals surface area contributed by atoms with Crippen molar-refractivity contribution in [1.82, 2.24) is 0 Å². The first-order valence-electron chi connectivity index (χ1n) is 5.90. The summed E-state index contributed by atoms with van der Waals surface area (Å²) in [7, 11) is 0. The molecule has 0 amide bonds. The van der Waals surface area contributed by atoms with Crippen molar-refractivity contribution < 1.29 is 9.84 Å². The molecule has 0 unspecified atom stereocenters. The van der Waals surface area contributed by atoms with Crippen molar-refractivity contribution in [3.05, 3.63) is 58.6 Å². The van der Waals surface area contributed by atoms with Crippen molar-refractivity contribution in [2.45, 2.75) is 19.4 Å². The van der Waals surface area contributed by atoms with Gasteiger partial charge >= 0.3 is 0 Å².